The lowest BCUT2D eigenvalue weighted by Crippen LogP contribution is -2.14. The third-order valence-electron chi connectivity index (χ3n) is 3.24. The number of fused-ring (bicyclic) bond motifs is 1. The number of carboxylic acid groups (broad SMARTS) is 1. The number of thiazole rings is 1. The zero-order valence-corrected chi connectivity index (χ0v) is 13.4. The number of aromatic nitrogens is 1. The van der Waals surface area contributed by atoms with Gasteiger partial charge < -0.3 is 5.11 Å². The Morgan fingerprint density at radius 2 is 2.05 bits per heavy atom. The maximum Gasteiger partial charge on any atom is 0.313 e. The summed E-state index contributed by atoms with van der Waals surface area (Å²) in [7, 11) is 0. The molecule has 3 aromatic rings. The number of hydrogen-bond donors (Lipinski definition) is 1. The topological polar surface area (TPSA) is 50.2 Å². The summed E-state index contributed by atoms with van der Waals surface area (Å²) in [6.45, 7) is 0. The maximum atomic E-state index is 11.6. The second-order valence-electron chi connectivity index (χ2n) is 4.74. The van der Waals surface area contributed by atoms with Crippen LogP contribution in [0.4, 0.5) is 0 Å². The summed E-state index contributed by atoms with van der Waals surface area (Å²) in [4.78, 5) is 16.1. The second kappa shape index (κ2) is 5.95. The summed E-state index contributed by atoms with van der Waals surface area (Å²) in [5.74, 6) is -1.45. The van der Waals surface area contributed by atoms with Crippen LogP contribution >= 0.6 is 27.3 Å². The highest BCUT2D eigenvalue weighted by molar-refractivity contribution is 9.10. The standard InChI is InChI=1S/C16H12BrNO2S/c17-11-5-3-4-10(8-11)9-12(16(19)20)15-18-13-6-1-2-7-14(13)21-15/h1-8,12H,9H2,(H,19,20). The van der Waals surface area contributed by atoms with Gasteiger partial charge in [-0.25, -0.2) is 4.98 Å². The van der Waals surface area contributed by atoms with E-state index in [-0.39, 0.29) is 0 Å². The van der Waals surface area contributed by atoms with Crippen molar-refractivity contribution in [2.75, 3.05) is 0 Å². The number of nitrogens with zero attached hydrogens (tertiary/aromatic N) is 1. The number of para-hydroxylation sites is 1. The van der Waals surface area contributed by atoms with E-state index in [0.717, 1.165) is 20.3 Å². The first-order valence-corrected chi connectivity index (χ1v) is 8.07. The summed E-state index contributed by atoms with van der Waals surface area (Å²) < 4.78 is 1.97. The lowest BCUT2D eigenvalue weighted by Gasteiger charge is -2.09. The van der Waals surface area contributed by atoms with Crippen molar-refractivity contribution in [3.05, 3.63) is 63.6 Å². The van der Waals surface area contributed by atoms with Gasteiger partial charge in [-0.2, -0.15) is 0 Å². The lowest BCUT2D eigenvalue weighted by atomic mass is 10.0. The Morgan fingerprint density at radius 3 is 2.76 bits per heavy atom. The Bertz CT molecular complexity index is 767. The molecule has 1 aromatic heterocycles. The van der Waals surface area contributed by atoms with Crippen LogP contribution in [0.1, 0.15) is 16.5 Å². The largest absolute Gasteiger partial charge is 0.481 e. The Balaban J connectivity index is 1.96. The minimum Gasteiger partial charge on any atom is -0.481 e. The molecule has 0 aliphatic carbocycles. The summed E-state index contributed by atoms with van der Waals surface area (Å²) in [5.41, 5.74) is 1.84. The van der Waals surface area contributed by atoms with Crippen molar-refractivity contribution in [2.24, 2.45) is 0 Å². The van der Waals surface area contributed by atoms with E-state index in [0.29, 0.717) is 11.4 Å². The van der Waals surface area contributed by atoms with Crippen molar-refractivity contribution >= 4 is 43.5 Å². The highest BCUT2D eigenvalue weighted by Crippen LogP contribution is 2.30. The number of aliphatic carboxylic acids is 1. The first-order valence-electron chi connectivity index (χ1n) is 6.46. The van der Waals surface area contributed by atoms with Crippen LogP contribution in [0.15, 0.2) is 53.0 Å². The normalized spacial score (nSPS) is 12.4. The highest BCUT2D eigenvalue weighted by Gasteiger charge is 2.24. The molecule has 21 heavy (non-hydrogen) atoms. The number of carboxylic acids is 1. The van der Waals surface area contributed by atoms with Crippen molar-refractivity contribution in [1.82, 2.24) is 4.98 Å². The van der Waals surface area contributed by atoms with Crippen LogP contribution < -0.4 is 0 Å². The van der Waals surface area contributed by atoms with Crippen LogP contribution in [0.3, 0.4) is 0 Å². The van der Waals surface area contributed by atoms with Crippen LogP contribution in [0.25, 0.3) is 10.2 Å². The zero-order valence-electron chi connectivity index (χ0n) is 11.0. The molecule has 1 atom stereocenters. The Morgan fingerprint density at radius 1 is 1.24 bits per heavy atom. The molecule has 0 spiro atoms. The van der Waals surface area contributed by atoms with Gasteiger partial charge in [-0.1, -0.05) is 40.2 Å². The monoisotopic (exact) mass is 361 g/mol. The molecule has 0 aliphatic rings. The van der Waals surface area contributed by atoms with Gasteiger partial charge in [0.05, 0.1) is 10.2 Å². The van der Waals surface area contributed by atoms with Crippen molar-refractivity contribution in [3.63, 3.8) is 0 Å². The Labute approximate surface area is 134 Å². The number of hydrogen-bond acceptors (Lipinski definition) is 3. The van der Waals surface area contributed by atoms with Gasteiger partial charge in [-0.05, 0) is 36.2 Å². The molecule has 1 heterocycles. The minimum absolute atomic E-state index is 0.439. The van der Waals surface area contributed by atoms with Gasteiger partial charge >= 0.3 is 5.97 Å². The van der Waals surface area contributed by atoms with E-state index in [1.807, 2.05) is 48.5 Å². The molecule has 106 valence electrons. The third-order valence-corrected chi connectivity index (χ3v) is 4.88. The lowest BCUT2D eigenvalue weighted by molar-refractivity contribution is -0.138. The molecule has 1 N–H and O–H groups in total. The molecule has 3 rings (SSSR count). The number of rotatable bonds is 4. The zero-order chi connectivity index (χ0) is 14.8. The molecule has 0 bridgehead atoms. The molecule has 0 saturated carbocycles. The summed E-state index contributed by atoms with van der Waals surface area (Å²) >= 11 is 4.87. The maximum absolute atomic E-state index is 11.6. The van der Waals surface area contributed by atoms with E-state index in [2.05, 4.69) is 20.9 Å². The predicted octanol–water partition coefficient (Wildman–Crippen LogP) is 4.47. The van der Waals surface area contributed by atoms with Crippen LogP contribution in [0.2, 0.25) is 0 Å². The van der Waals surface area contributed by atoms with Gasteiger partial charge in [-0.3, -0.25) is 4.79 Å². The van der Waals surface area contributed by atoms with E-state index in [1.54, 1.807) is 0 Å². The van der Waals surface area contributed by atoms with Crippen molar-refractivity contribution < 1.29 is 9.90 Å². The van der Waals surface area contributed by atoms with Crippen molar-refractivity contribution in [2.45, 2.75) is 12.3 Å². The van der Waals surface area contributed by atoms with Crippen LogP contribution in [0.5, 0.6) is 0 Å². The predicted molar refractivity (Wildman–Crippen MR) is 87.8 cm³/mol. The van der Waals surface area contributed by atoms with Gasteiger partial charge in [0, 0.05) is 4.47 Å². The first-order chi connectivity index (χ1) is 10.1. The quantitative estimate of drug-likeness (QED) is 0.745. The second-order valence-corrected chi connectivity index (χ2v) is 6.72. The molecule has 1 unspecified atom stereocenters. The van der Waals surface area contributed by atoms with Crippen LogP contribution in [-0.2, 0) is 11.2 Å². The fraction of sp³-hybridized carbons (Fsp3) is 0.125. The first kappa shape index (κ1) is 14.2. The van der Waals surface area contributed by atoms with Crippen LogP contribution in [0, 0.1) is 0 Å². The molecule has 0 saturated heterocycles. The van der Waals surface area contributed by atoms with Gasteiger partial charge in [-0.15, -0.1) is 11.3 Å². The summed E-state index contributed by atoms with van der Waals surface area (Å²) in [6.07, 6.45) is 0.439. The van der Waals surface area contributed by atoms with E-state index in [9.17, 15) is 9.90 Å². The Hall–Kier alpha value is -1.72. The van der Waals surface area contributed by atoms with E-state index in [4.69, 9.17) is 0 Å². The van der Waals surface area contributed by atoms with E-state index >= 15 is 0 Å². The molecule has 0 fully saturated rings. The molecular formula is C16H12BrNO2S. The minimum atomic E-state index is -0.839. The van der Waals surface area contributed by atoms with Crippen LogP contribution in [-0.4, -0.2) is 16.1 Å². The fourth-order valence-corrected chi connectivity index (χ4v) is 3.73. The van der Waals surface area contributed by atoms with Crippen molar-refractivity contribution in [3.8, 4) is 0 Å². The van der Waals surface area contributed by atoms with E-state index in [1.165, 1.54) is 11.3 Å². The van der Waals surface area contributed by atoms with Gasteiger partial charge in [0.25, 0.3) is 0 Å². The molecular weight excluding hydrogens is 350 g/mol. The summed E-state index contributed by atoms with van der Waals surface area (Å²) in [5, 5.41) is 10.2. The molecule has 0 amide bonds. The third kappa shape index (κ3) is 3.14. The smallest absolute Gasteiger partial charge is 0.313 e. The summed E-state index contributed by atoms with van der Waals surface area (Å²) in [6, 6.07) is 15.5. The Kier molecular flexibility index (Phi) is 4.03. The molecule has 0 radical (unpaired) electrons. The van der Waals surface area contributed by atoms with E-state index < -0.39 is 11.9 Å². The number of halogens is 1. The SMILES string of the molecule is O=C(O)C(Cc1cccc(Br)c1)c1nc2ccccc2s1. The highest BCUT2D eigenvalue weighted by atomic mass is 79.9. The molecule has 0 aliphatic heterocycles. The molecule has 3 nitrogen and oxygen atoms in total. The number of carbonyl (C=O) groups is 1. The average Bonchev–Trinajstić information content (AvgIpc) is 2.88. The number of benzene rings is 2. The average molecular weight is 362 g/mol. The van der Waals surface area contributed by atoms with Gasteiger partial charge in [0.15, 0.2) is 0 Å². The van der Waals surface area contributed by atoms with Gasteiger partial charge in [0.2, 0.25) is 0 Å². The van der Waals surface area contributed by atoms with Gasteiger partial charge in [0.1, 0.15) is 10.9 Å². The molecule has 5 heteroatoms. The fourth-order valence-electron chi connectivity index (χ4n) is 2.22. The molecule has 2 aromatic carbocycles. The van der Waals surface area contributed by atoms with Crippen molar-refractivity contribution in [1.29, 1.82) is 0 Å².